The maximum atomic E-state index is 11.2. The summed E-state index contributed by atoms with van der Waals surface area (Å²) in [6, 6.07) is 0. The highest BCUT2D eigenvalue weighted by Crippen LogP contribution is 2.37. The normalized spacial score (nSPS) is 23.1. The Morgan fingerprint density at radius 1 is 1.44 bits per heavy atom. The summed E-state index contributed by atoms with van der Waals surface area (Å²) in [5, 5.41) is 3.11. The number of amides is 1. The Labute approximate surface area is 100 Å². The first-order chi connectivity index (χ1) is 7.22. The fourth-order valence-electron chi connectivity index (χ4n) is 1.54. The smallest absolute Gasteiger partial charge is 0.220 e. The minimum atomic E-state index is -1.64. The van der Waals surface area contributed by atoms with E-state index in [0.717, 1.165) is 19.6 Å². The average Bonchev–Trinajstić information content (AvgIpc) is 2.13. The minimum Gasteiger partial charge on any atom is -0.417 e. The Morgan fingerprint density at radius 3 is 2.56 bits per heavy atom. The molecule has 0 aromatic carbocycles. The zero-order valence-corrected chi connectivity index (χ0v) is 12.2. The molecule has 0 radical (unpaired) electrons. The molecule has 0 bridgehead atoms. The number of hydrogen-bond donors (Lipinski definition) is 1. The van der Waals surface area contributed by atoms with Crippen LogP contribution >= 0.6 is 0 Å². The average molecular weight is 243 g/mol. The number of carbonyl (C=O) groups excluding carboxylic acids is 1. The second-order valence-corrected chi connectivity index (χ2v) is 11.1. The van der Waals surface area contributed by atoms with E-state index >= 15 is 0 Å². The SMILES string of the molecule is CC(C)(C)[Si](C)(C)OCC1CCNC(=O)C1. The lowest BCUT2D eigenvalue weighted by Gasteiger charge is -2.37. The molecule has 0 spiro atoms. The van der Waals surface area contributed by atoms with Gasteiger partial charge in [-0.2, -0.15) is 0 Å². The van der Waals surface area contributed by atoms with Crippen LogP contribution in [-0.4, -0.2) is 27.4 Å². The number of nitrogens with one attached hydrogen (secondary N) is 1. The molecule has 1 aliphatic rings. The van der Waals surface area contributed by atoms with Crippen LogP contribution in [0.3, 0.4) is 0 Å². The molecule has 1 aliphatic heterocycles. The third-order valence-corrected chi connectivity index (χ3v) is 8.34. The summed E-state index contributed by atoms with van der Waals surface area (Å²) in [6.45, 7) is 12.8. The minimum absolute atomic E-state index is 0.176. The monoisotopic (exact) mass is 243 g/mol. The molecule has 4 heteroatoms. The van der Waals surface area contributed by atoms with E-state index in [1.54, 1.807) is 0 Å². The summed E-state index contributed by atoms with van der Waals surface area (Å²) in [5.41, 5.74) is 0. The van der Waals surface area contributed by atoms with Crippen molar-refractivity contribution in [3.63, 3.8) is 0 Å². The Hall–Kier alpha value is -0.353. The largest absolute Gasteiger partial charge is 0.417 e. The quantitative estimate of drug-likeness (QED) is 0.774. The number of piperidine rings is 1. The molecule has 94 valence electrons. The lowest BCUT2D eigenvalue weighted by atomic mass is 9.99. The van der Waals surface area contributed by atoms with Crippen molar-refractivity contribution in [3.05, 3.63) is 0 Å². The molecule has 1 rings (SSSR count). The van der Waals surface area contributed by atoms with Crippen LogP contribution in [0.25, 0.3) is 0 Å². The van der Waals surface area contributed by atoms with Crippen LogP contribution in [0.15, 0.2) is 0 Å². The van der Waals surface area contributed by atoms with Gasteiger partial charge in [0.25, 0.3) is 0 Å². The van der Waals surface area contributed by atoms with E-state index in [1.165, 1.54) is 0 Å². The highest BCUT2D eigenvalue weighted by molar-refractivity contribution is 6.74. The van der Waals surface area contributed by atoms with Gasteiger partial charge in [-0.1, -0.05) is 20.8 Å². The molecular formula is C12H25NO2Si. The van der Waals surface area contributed by atoms with Crippen LogP contribution < -0.4 is 5.32 Å². The summed E-state index contributed by atoms with van der Waals surface area (Å²) in [6.07, 6.45) is 1.69. The van der Waals surface area contributed by atoms with E-state index in [-0.39, 0.29) is 10.9 Å². The maximum Gasteiger partial charge on any atom is 0.220 e. The van der Waals surface area contributed by atoms with E-state index in [2.05, 4.69) is 39.2 Å². The van der Waals surface area contributed by atoms with E-state index in [0.29, 0.717) is 12.3 Å². The summed E-state index contributed by atoms with van der Waals surface area (Å²) in [4.78, 5) is 11.2. The molecule has 0 saturated carbocycles. The molecule has 1 amide bonds. The summed E-state index contributed by atoms with van der Waals surface area (Å²) in [7, 11) is -1.64. The van der Waals surface area contributed by atoms with Crippen molar-refractivity contribution in [2.75, 3.05) is 13.2 Å². The fraction of sp³-hybridized carbons (Fsp3) is 0.917. The number of rotatable bonds is 3. The van der Waals surface area contributed by atoms with Gasteiger partial charge in [-0.15, -0.1) is 0 Å². The van der Waals surface area contributed by atoms with Gasteiger partial charge < -0.3 is 9.74 Å². The maximum absolute atomic E-state index is 11.2. The Kier molecular flexibility index (Phi) is 4.18. The topological polar surface area (TPSA) is 38.3 Å². The van der Waals surface area contributed by atoms with E-state index in [9.17, 15) is 4.79 Å². The molecule has 1 heterocycles. The van der Waals surface area contributed by atoms with Gasteiger partial charge in [-0.3, -0.25) is 4.79 Å². The van der Waals surface area contributed by atoms with Gasteiger partial charge in [0.1, 0.15) is 0 Å². The van der Waals surface area contributed by atoms with E-state index < -0.39 is 8.32 Å². The third-order valence-electron chi connectivity index (χ3n) is 3.83. The van der Waals surface area contributed by atoms with Crippen LogP contribution in [-0.2, 0) is 9.22 Å². The predicted octanol–water partition coefficient (Wildman–Crippen LogP) is 2.53. The highest BCUT2D eigenvalue weighted by atomic mass is 28.4. The number of carbonyl (C=O) groups is 1. The molecular weight excluding hydrogens is 218 g/mol. The van der Waals surface area contributed by atoms with Gasteiger partial charge in [0.2, 0.25) is 5.91 Å². The van der Waals surface area contributed by atoms with Gasteiger partial charge in [0, 0.05) is 19.6 Å². The molecule has 1 N–H and O–H groups in total. The molecule has 0 aromatic heterocycles. The van der Waals surface area contributed by atoms with Crippen molar-refractivity contribution in [1.82, 2.24) is 5.32 Å². The van der Waals surface area contributed by atoms with Gasteiger partial charge in [0.05, 0.1) is 0 Å². The second-order valence-electron chi connectivity index (χ2n) is 6.28. The Bertz CT molecular complexity index is 258. The molecule has 3 nitrogen and oxygen atoms in total. The molecule has 1 saturated heterocycles. The van der Waals surface area contributed by atoms with E-state index in [4.69, 9.17) is 4.43 Å². The second kappa shape index (κ2) is 4.88. The van der Waals surface area contributed by atoms with E-state index in [1.807, 2.05) is 0 Å². The third kappa shape index (κ3) is 3.59. The van der Waals surface area contributed by atoms with Crippen molar-refractivity contribution in [2.24, 2.45) is 5.92 Å². The first-order valence-electron chi connectivity index (χ1n) is 6.13. The van der Waals surface area contributed by atoms with Crippen molar-refractivity contribution in [2.45, 2.75) is 51.7 Å². The van der Waals surface area contributed by atoms with Gasteiger partial charge in [0.15, 0.2) is 8.32 Å². The number of hydrogen-bond acceptors (Lipinski definition) is 2. The van der Waals surface area contributed by atoms with Crippen LogP contribution in [0.5, 0.6) is 0 Å². The summed E-state index contributed by atoms with van der Waals surface area (Å²) in [5.74, 6) is 0.595. The fourth-order valence-corrected chi connectivity index (χ4v) is 2.62. The van der Waals surface area contributed by atoms with Crippen LogP contribution in [0.2, 0.25) is 18.1 Å². The molecule has 1 fully saturated rings. The molecule has 0 aromatic rings. The highest BCUT2D eigenvalue weighted by Gasteiger charge is 2.37. The van der Waals surface area contributed by atoms with Gasteiger partial charge in [-0.25, -0.2) is 0 Å². The van der Waals surface area contributed by atoms with Crippen LogP contribution in [0.4, 0.5) is 0 Å². The molecule has 0 aliphatic carbocycles. The van der Waals surface area contributed by atoms with Crippen molar-refractivity contribution >= 4 is 14.2 Å². The first kappa shape index (κ1) is 13.7. The lowest BCUT2D eigenvalue weighted by molar-refractivity contribution is -0.123. The Balaban J connectivity index is 2.42. The lowest BCUT2D eigenvalue weighted by Crippen LogP contribution is -2.43. The Morgan fingerprint density at radius 2 is 2.06 bits per heavy atom. The van der Waals surface area contributed by atoms with Crippen molar-refractivity contribution in [3.8, 4) is 0 Å². The first-order valence-corrected chi connectivity index (χ1v) is 9.04. The van der Waals surface area contributed by atoms with Crippen molar-refractivity contribution < 1.29 is 9.22 Å². The summed E-state index contributed by atoms with van der Waals surface area (Å²) >= 11 is 0. The predicted molar refractivity (Wildman–Crippen MR) is 68.9 cm³/mol. The van der Waals surface area contributed by atoms with Gasteiger partial charge in [-0.05, 0) is 30.5 Å². The van der Waals surface area contributed by atoms with Gasteiger partial charge >= 0.3 is 0 Å². The molecule has 16 heavy (non-hydrogen) atoms. The zero-order chi connectivity index (χ0) is 12.4. The molecule has 1 unspecified atom stereocenters. The van der Waals surface area contributed by atoms with Crippen molar-refractivity contribution in [1.29, 1.82) is 0 Å². The van der Waals surface area contributed by atoms with Crippen LogP contribution in [0.1, 0.15) is 33.6 Å². The molecule has 1 atom stereocenters. The standard InChI is InChI=1S/C12H25NO2Si/c1-12(2,3)16(4,5)15-9-10-6-7-13-11(14)8-10/h10H,6-9H2,1-5H3,(H,13,14). The zero-order valence-electron chi connectivity index (χ0n) is 11.2. The summed E-state index contributed by atoms with van der Waals surface area (Å²) < 4.78 is 6.14. The van der Waals surface area contributed by atoms with Crippen LogP contribution in [0, 0.1) is 5.92 Å².